The van der Waals surface area contributed by atoms with E-state index in [1.807, 2.05) is 6.92 Å². The number of nitrogens with one attached hydrogen (secondary N) is 2. The molecule has 0 bridgehead atoms. The van der Waals surface area contributed by atoms with Gasteiger partial charge in [0.2, 0.25) is 0 Å². The molecule has 0 saturated heterocycles. The molecular weight excluding hydrogens is 208 g/mol. The Morgan fingerprint density at radius 1 is 1.62 bits per heavy atom. The molecule has 16 heavy (non-hydrogen) atoms. The molecule has 0 unspecified atom stereocenters. The van der Waals surface area contributed by atoms with Crippen molar-refractivity contribution < 1.29 is 9.32 Å². The van der Waals surface area contributed by atoms with Crippen LogP contribution in [0.15, 0.2) is 16.9 Å². The van der Waals surface area contributed by atoms with Gasteiger partial charge < -0.3 is 9.84 Å². The fourth-order valence-electron chi connectivity index (χ4n) is 1.46. The minimum atomic E-state index is -0.225. The number of aryl methyl sites for hydroxylation is 2. The van der Waals surface area contributed by atoms with Crippen molar-refractivity contribution in [3.8, 4) is 0 Å². The van der Waals surface area contributed by atoms with Crippen LogP contribution in [-0.4, -0.2) is 21.3 Å². The van der Waals surface area contributed by atoms with E-state index in [4.69, 9.17) is 4.52 Å². The lowest BCUT2D eigenvalue weighted by Crippen LogP contribution is -2.13. The SMILES string of the molecule is CCc1noc(C)c1C(=O)Nc1cn[nH]c1. The molecule has 0 saturated carbocycles. The van der Waals surface area contributed by atoms with Crippen molar-refractivity contribution in [3.05, 3.63) is 29.4 Å². The highest BCUT2D eigenvalue weighted by Crippen LogP contribution is 2.15. The van der Waals surface area contributed by atoms with Crippen LogP contribution in [0, 0.1) is 6.92 Å². The fraction of sp³-hybridized carbons (Fsp3) is 0.300. The summed E-state index contributed by atoms with van der Waals surface area (Å²) in [6.07, 6.45) is 3.80. The largest absolute Gasteiger partial charge is 0.361 e. The minimum Gasteiger partial charge on any atom is -0.361 e. The summed E-state index contributed by atoms with van der Waals surface area (Å²) >= 11 is 0. The van der Waals surface area contributed by atoms with E-state index in [-0.39, 0.29) is 5.91 Å². The maximum Gasteiger partial charge on any atom is 0.261 e. The molecular formula is C10H12N4O2. The maximum atomic E-state index is 11.9. The Morgan fingerprint density at radius 3 is 3.06 bits per heavy atom. The molecule has 2 aromatic heterocycles. The highest BCUT2D eigenvalue weighted by Gasteiger charge is 2.19. The van der Waals surface area contributed by atoms with Crippen LogP contribution < -0.4 is 5.32 Å². The monoisotopic (exact) mass is 220 g/mol. The van der Waals surface area contributed by atoms with Gasteiger partial charge in [0, 0.05) is 6.20 Å². The van der Waals surface area contributed by atoms with E-state index >= 15 is 0 Å². The summed E-state index contributed by atoms with van der Waals surface area (Å²) in [5.41, 5.74) is 1.79. The van der Waals surface area contributed by atoms with Crippen LogP contribution in [-0.2, 0) is 6.42 Å². The Kier molecular flexibility index (Phi) is 2.72. The van der Waals surface area contributed by atoms with Gasteiger partial charge in [0.1, 0.15) is 11.3 Å². The van der Waals surface area contributed by atoms with Crippen LogP contribution >= 0.6 is 0 Å². The van der Waals surface area contributed by atoms with Gasteiger partial charge in [0.25, 0.3) is 5.91 Å². The Hall–Kier alpha value is -2.11. The van der Waals surface area contributed by atoms with Crippen molar-refractivity contribution >= 4 is 11.6 Å². The molecule has 2 heterocycles. The summed E-state index contributed by atoms with van der Waals surface area (Å²) in [4.78, 5) is 11.9. The molecule has 0 aliphatic carbocycles. The van der Waals surface area contributed by atoms with Crippen molar-refractivity contribution in [3.63, 3.8) is 0 Å². The second-order valence-electron chi connectivity index (χ2n) is 3.36. The van der Waals surface area contributed by atoms with E-state index in [1.165, 1.54) is 6.20 Å². The normalized spacial score (nSPS) is 10.4. The van der Waals surface area contributed by atoms with E-state index in [9.17, 15) is 4.79 Å². The average molecular weight is 220 g/mol. The van der Waals surface area contributed by atoms with Gasteiger partial charge in [-0.3, -0.25) is 9.89 Å². The van der Waals surface area contributed by atoms with Gasteiger partial charge in [-0.15, -0.1) is 0 Å². The van der Waals surface area contributed by atoms with Crippen molar-refractivity contribution in [2.45, 2.75) is 20.3 Å². The number of carbonyl (C=O) groups is 1. The summed E-state index contributed by atoms with van der Waals surface area (Å²) in [7, 11) is 0. The molecule has 6 heteroatoms. The first-order chi connectivity index (χ1) is 7.72. The standard InChI is InChI=1S/C10H12N4O2/c1-3-8-9(6(2)16-14-8)10(15)13-7-4-11-12-5-7/h4-5H,3H2,1-2H3,(H,11,12)(H,13,15). The molecule has 0 aliphatic heterocycles. The van der Waals surface area contributed by atoms with Gasteiger partial charge in [-0.25, -0.2) is 0 Å². The molecule has 6 nitrogen and oxygen atoms in total. The third kappa shape index (κ3) is 1.81. The van der Waals surface area contributed by atoms with Gasteiger partial charge in [-0.1, -0.05) is 12.1 Å². The van der Waals surface area contributed by atoms with Crippen molar-refractivity contribution in [1.29, 1.82) is 0 Å². The van der Waals surface area contributed by atoms with Gasteiger partial charge in [-0.05, 0) is 13.3 Å². The number of carbonyl (C=O) groups excluding carboxylic acids is 1. The summed E-state index contributed by atoms with van der Waals surface area (Å²) in [6, 6.07) is 0. The van der Waals surface area contributed by atoms with Gasteiger partial charge in [0.15, 0.2) is 0 Å². The molecule has 0 aliphatic rings. The zero-order valence-electron chi connectivity index (χ0n) is 9.07. The quantitative estimate of drug-likeness (QED) is 0.821. The Balaban J connectivity index is 2.23. The van der Waals surface area contributed by atoms with Crippen LogP contribution in [0.5, 0.6) is 0 Å². The van der Waals surface area contributed by atoms with E-state index in [0.717, 1.165) is 0 Å². The number of H-pyrrole nitrogens is 1. The predicted octanol–water partition coefficient (Wildman–Crippen LogP) is 1.52. The van der Waals surface area contributed by atoms with Crippen LogP contribution in [0.1, 0.15) is 28.7 Å². The molecule has 0 radical (unpaired) electrons. The Morgan fingerprint density at radius 2 is 2.44 bits per heavy atom. The molecule has 0 fully saturated rings. The van der Waals surface area contributed by atoms with Gasteiger partial charge >= 0.3 is 0 Å². The van der Waals surface area contributed by atoms with Gasteiger partial charge in [-0.2, -0.15) is 5.10 Å². The lowest BCUT2D eigenvalue weighted by molar-refractivity contribution is 0.102. The van der Waals surface area contributed by atoms with Crippen LogP contribution in [0.25, 0.3) is 0 Å². The van der Waals surface area contributed by atoms with Crippen LogP contribution in [0.2, 0.25) is 0 Å². The number of hydrogen-bond donors (Lipinski definition) is 2. The predicted molar refractivity (Wildman–Crippen MR) is 57.2 cm³/mol. The summed E-state index contributed by atoms with van der Waals surface area (Å²) in [5.74, 6) is 0.301. The lowest BCUT2D eigenvalue weighted by Gasteiger charge is -2.01. The summed E-state index contributed by atoms with van der Waals surface area (Å²) in [6.45, 7) is 3.64. The van der Waals surface area contributed by atoms with Crippen LogP contribution in [0.4, 0.5) is 5.69 Å². The molecule has 2 N–H and O–H groups in total. The summed E-state index contributed by atoms with van der Waals surface area (Å²) < 4.78 is 4.99. The lowest BCUT2D eigenvalue weighted by atomic mass is 10.1. The zero-order valence-corrected chi connectivity index (χ0v) is 9.07. The highest BCUT2D eigenvalue weighted by atomic mass is 16.5. The number of hydrogen-bond acceptors (Lipinski definition) is 4. The Bertz CT molecular complexity index is 487. The maximum absolute atomic E-state index is 11.9. The molecule has 84 valence electrons. The number of aromatic nitrogens is 3. The fourth-order valence-corrected chi connectivity index (χ4v) is 1.46. The van der Waals surface area contributed by atoms with E-state index < -0.39 is 0 Å². The van der Waals surface area contributed by atoms with Crippen molar-refractivity contribution in [1.82, 2.24) is 15.4 Å². The van der Waals surface area contributed by atoms with E-state index in [1.54, 1.807) is 13.1 Å². The molecule has 0 aromatic carbocycles. The van der Waals surface area contributed by atoms with Crippen molar-refractivity contribution in [2.75, 3.05) is 5.32 Å². The van der Waals surface area contributed by atoms with Crippen LogP contribution in [0.3, 0.4) is 0 Å². The molecule has 1 amide bonds. The topological polar surface area (TPSA) is 83.8 Å². The number of aromatic amines is 1. The number of rotatable bonds is 3. The highest BCUT2D eigenvalue weighted by molar-refractivity contribution is 6.05. The number of amides is 1. The van der Waals surface area contributed by atoms with Gasteiger partial charge in [0.05, 0.1) is 17.6 Å². The van der Waals surface area contributed by atoms with E-state index in [2.05, 4.69) is 20.7 Å². The molecule has 0 spiro atoms. The Labute approximate surface area is 92.0 Å². The first-order valence-corrected chi connectivity index (χ1v) is 4.97. The first kappa shape index (κ1) is 10.4. The van der Waals surface area contributed by atoms with E-state index in [0.29, 0.717) is 29.1 Å². The molecule has 2 rings (SSSR count). The molecule has 0 atom stereocenters. The third-order valence-corrected chi connectivity index (χ3v) is 2.25. The average Bonchev–Trinajstić information content (AvgIpc) is 2.87. The second-order valence-corrected chi connectivity index (χ2v) is 3.36. The zero-order chi connectivity index (χ0) is 11.5. The molecule has 2 aromatic rings. The van der Waals surface area contributed by atoms with Crippen molar-refractivity contribution in [2.24, 2.45) is 0 Å². The minimum absolute atomic E-state index is 0.225. The smallest absolute Gasteiger partial charge is 0.261 e. The third-order valence-electron chi connectivity index (χ3n) is 2.25. The second kappa shape index (κ2) is 4.18. The number of nitrogens with zero attached hydrogens (tertiary/aromatic N) is 2. The summed E-state index contributed by atoms with van der Waals surface area (Å²) in [5, 5.41) is 12.9. The number of anilines is 1. The first-order valence-electron chi connectivity index (χ1n) is 4.97.